The summed E-state index contributed by atoms with van der Waals surface area (Å²) in [5.41, 5.74) is 1.42. The van der Waals surface area contributed by atoms with Gasteiger partial charge in [0.1, 0.15) is 12.3 Å². The van der Waals surface area contributed by atoms with Gasteiger partial charge >= 0.3 is 0 Å². The average molecular weight is 159 g/mol. The fourth-order valence-electron chi connectivity index (χ4n) is 0.895. The SMILES string of the molecule is COC=C(C#N)c1ccccc1. The summed E-state index contributed by atoms with van der Waals surface area (Å²) in [5, 5.41) is 8.71. The average Bonchev–Trinajstić information content (AvgIpc) is 2.15. The predicted octanol–water partition coefficient (Wildman–Crippen LogP) is 2.20. The second-order valence-electron chi connectivity index (χ2n) is 2.25. The molecule has 12 heavy (non-hydrogen) atoms. The van der Waals surface area contributed by atoms with E-state index in [0.29, 0.717) is 5.57 Å². The van der Waals surface area contributed by atoms with Crippen LogP contribution >= 0.6 is 0 Å². The third kappa shape index (κ3) is 1.86. The Hall–Kier alpha value is -1.75. The highest BCUT2D eigenvalue weighted by atomic mass is 16.5. The number of rotatable bonds is 2. The maximum Gasteiger partial charge on any atom is 0.103 e. The zero-order valence-electron chi connectivity index (χ0n) is 6.82. The third-order valence-corrected chi connectivity index (χ3v) is 1.44. The van der Waals surface area contributed by atoms with Gasteiger partial charge in [0.15, 0.2) is 0 Å². The molecule has 2 heteroatoms. The Labute approximate surface area is 71.7 Å². The summed E-state index contributed by atoms with van der Waals surface area (Å²) in [7, 11) is 1.53. The van der Waals surface area contributed by atoms with E-state index < -0.39 is 0 Å². The first-order valence-electron chi connectivity index (χ1n) is 3.57. The Kier molecular flexibility index (Phi) is 2.92. The van der Waals surface area contributed by atoms with E-state index in [1.165, 1.54) is 13.4 Å². The van der Waals surface area contributed by atoms with Crippen LogP contribution in [0.5, 0.6) is 0 Å². The standard InChI is InChI=1S/C10H9NO/c1-12-8-10(7-11)9-5-3-2-4-6-9/h2-6,8H,1H3. The molecule has 0 atom stereocenters. The van der Waals surface area contributed by atoms with E-state index in [1.807, 2.05) is 30.3 Å². The highest BCUT2D eigenvalue weighted by Crippen LogP contribution is 2.11. The lowest BCUT2D eigenvalue weighted by atomic mass is 10.1. The first kappa shape index (κ1) is 8.35. The van der Waals surface area contributed by atoms with E-state index in [9.17, 15) is 0 Å². The smallest absolute Gasteiger partial charge is 0.103 e. The Morgan fingerprint density at radius 2 is 2.08 bits per heavy atom. The van der Waals surface area contributed by atoms with E-state index in [1.54, 1.807) is 0 Å². The maximum atomic E-state index is 8.71. The molecule has 0 aliphatic carbocycles. The lowest BCUT2D eigenvalue weighted by molar-refractivity contribution is 0.340. The van der Waals surface area contributed by atoms with E-state index in [0.717, 1.165) is 5.56 Å². The first-order chi connectivity index (χ1) is 5.88. The van der Waals surface area contributed by atoms with Crippen LogP contribution in [0.15, 0.2) is 36.6 Å². The molecular weight excluding hydrogens is 150 g/mol. The second kappa shape index (κ2) is 4.20. The van der Waals surface area contributed by atoms with Crippen molar-refractivity contribution >= 4 is 5.57 Å². The monoisotopic (exact) mass is 159 g/mol. The van der Waals surface area contributed by atoms with Gasteiger partial charge in [-0.3, -0.25) is 0 Å². The Balaban J connectivity index is 2.98. The van der Waals surface area contributed by atoms with Crippen molar-refractivity contribution in [3.8, 4) is 6.07 Å². The molecule has 0 saturated heterocycles. The van der Waals surface area contributed by atoms with Crippen molar-refractivity contribution in [2.24, 2.45) is 0 Å². The number of hydrogen-bond donors (Lipinski definition) is 0. The topological polar surface area (TPSA) is 33.0 Å². The van der Waals surface area contributed by atoms with Gasteiger partial charge in [-0.1, -0.05) is 30.3 Å². The van der Waals surface area contributed by atoms with E-state index >= 15 is 0 Å². The number of allylic oxidation sites excluding steroid dienone is 1. The molecule has 2 nitrogen and oxygen atoms in total. The Morgan fingerprint density at radius 3 is 2.58 bits per heavy atom. The predicted molar refractivity (Wildman–Crippen MR) is 47.0 cm³/mol. The lowest BCUT2D eigenvalue weighted by Gasteiger charge is -1.96. The molecule has 0 heterocycles. The van der Waals surface area contributed by atoms with Crippen molar-refractivity contribution < 1.29 is 4.74 Å². The van der Waals surface area contributed by atoms with Gasteiger partial charge in [0.05, 0.1) is 12.7 Å². The molecule has 0 spiro atoms. The van der Waals surface area contributed by atoms with Gasteiger partial charge in [-0.15, -0.1) is 0 Å². The van der Waals surface area contributed by atoms with E-state index in [2.05, 4.69) is 6.07 Å². The fourth-order valence-corrected chi connectivity index (χ4v) is 0.895. The zero-order valence-corrected chi connectivity index (χ0v) is 6.82. The molecule has 0 bridgehead atoms. The number of nitriles is 1. The molecule has 0 amide bonds. The van der Waals surface area contributed by atoms with Crippen LogP contribution in [0.3, 0.4) is 0 Å². The summed E-state index contributed by atoms with van der Waals surface area (Å²) in [6, 6.07) is 11.5. The Bertz CT molecular complexity index is 308. The van der Waals surface area contributed by atoms with Crippen LogP contribution in [0, 0.1) is 11.3 Å². The summed E-state index contributed by atoms with van der Waals surface area (Å²) in [5.74, 6) is 0. The van der Waals surface area contributed by atoms with Gasteiger partial charge in [0.25, 0.3) is 0 Å². The maximum absolute atomic E-state index is 8.71. The van der Waals surface area contributed by atoms with Crippen molar-refractivity contribution in [3.63, 3.8) is 0 Å². The second-order valence-corrected chi connectivity index (χ2v) is 2.25. The van der Waals surface area contributed by atoms with Crippen LogP contribution < -0.4 is 0 Å². The van der Waals surface area contributed by atoms with Crippen molar-refractivity contribution in [1.82, 2.24) is 0 Å². The first-order valence-corrected chi connectivity index (χ1v) is 3.57. The molecule has 1 rings (SSSR count). The van der Waals surface area contributed by atoms with Crippen LogP contribution in [0.4, 0.5) is 0 Å². The molecule has 0 aromatic heterocycles. The number of hydrogen-bond acceptors (Lipinski definition) is 2. The van der Waals surface area contributed by atoms with Crippen molar-refractivity contribution in [2.45, 2.75) is 0 Å². The Morgan fingerprint density at radius 1 is 1.42 bits per heavy atom. The molecule has 1 aromatic carbocycles. The summed E-state index contributed by atoms with van der Waals surface area (Å²) in [4.78, 5) is 0. The van der Waals surface area contributed by atoms with Gasteiger partial charge in [-0.05, 0) is 5.56 Å². The molecule has 0 radical (unpaired) electrons. The molecular formula is C10H9NO. The largest absolute Gasteiger partial charge is 0.503 e. The number of ether oxygens (including phenoxy) is 1. The van der Waals surface area contributed by atoms with Crippen molar-refractivity contribution in [2.75, 3.05) is 7.11 Å². The summed E-state index contributed by atoms with van der Waals surface area (Å²) < 4.78 is 4.76. The molecule has 0 aliphatic heterocycles. The minimum atomic E-state index is 0.540. The molecule has 60 valence electrons. The quantitative estimate of drug-likeness (QED) is 0.489. The highest BCUT2D eigenvalue weighted by Gasteiger charge is 1.97. The molecule has 0 fully saturated rings. The third-order valence-electron chi connectivity index (χ3n) is 1.44. The molecule has 0 aliphatic rings. The highest BCUT2D eigenvalue weighted by molar-refractivity contribution is 5.75. The fraction of sp³-hybridized carbons (Fsp3) is 0.100. The van der Waals surface area contributed by atoms with Crippen LogP contribution in [0.1, 0.15) is 5.56 Å². The van der Waals surface area contributed by atoms with Gasteiger partial charge in [-0.2, -0.15) is 5.26 Å². The minimum absolute atomic E-state index is 0.540. The van der Waals surface area contributed by atoms with Gasteiger partial charge in [0, 0.05) is 0 Å². The van der Waals surface area contributed by atoms with Crippen LogP contribution in [0.25, 0.3) is 5.57 Å². The van der Waals surface area contributed by atoms with Crippen LogP contribution in [-0.2, 0) is 4.74 Å². The van der Waals surface area contributed by atoms with Gasteiger partial charge in [0.2, 0.25) is 0 Å². The summed E-state index contributed by atoms with van der Waals surface area (Å²) >= 11 is 0. The number of methoxy groups -OCH3 is 1. The van der Waals surface area contributed by atoms with E-state index in [-0.39, 0.29) is 0 Å². The van der Waals surface area contributed by atoms with Gasteiger partial charge < -0.3 is 4.74 Å². The lowest BCUT2D eigenvalue weighted by Crippen LogP contribution is -1.80. The van der Waals surface area contributed by atoms with Crippen LogP contribution in [0.2, 0.25) is 0 Å². The van der Waals surface area contributed by atoms with Gasteiger partial charge in [-0.25, -0.2) is 0 Å². The zero-order chi connectivity index (χ0) is 8.81. The molecule has 1 aromatic rings. The molecule has 0 N–H and O–H groups in total. The number of nitrogens with zero attached hydrogens (tertiary/aromatic N) is 1. The van der Waals surface area contributed by atoms with Crippen LogP contribution in [-0.4, -0.2) is 7.11 Å². The van der Waals surface area contributed by atoms with Crippen molar-refractivity contribution in [1.29, 1.82) is 5.26 Å². The van der Waals surface area contributed by atoms with Crippen molar-refractivity contribution in [3.05, 3.63) is 42.2 Å². The normalized spacial score (nSPS) is 10.5. The number of benzene rings is 1. The summed E-state index contributed by atoms with van der Waals surface area (Å²) in [6.45, 7) is 0. The molecule has 0 unspecified atom stereocenters. The molecule has 0 saturated carbocycles. The summed E-state index contributed by atoms with van der Waals surface area (Å²) in [6.07, 6.45) is 1.44. The van der Waals surface area contributed by atoms with E-state index in [4.69, 9.17) is 10.00 Å². The minimum Gasteiger partial charge on any atom is -0.503 e.